The number of carbonyl (C=O) groups excluding carboxylic acids is 2. The second kappa shape index (κ2) is 7.35. The minimum Gasteiger partial charge on any atom is -0.464 e. The molecular weight excluding hydrogens is 404 g/mol. The van der Waals surface area contributed by atoms with E-state index >= 15 is 0 Å². The highest BCUT2D eigenvalue weighted by molar-refractivity contribution is 7.91. The van der Waals surface area contributed by atoms with Gasteiger partial charge in [0.1, 0.15) is 10.4 Å². The summed E-state index contributed by atoms with van der Waals surface area (Å²) in [6.45, 7) is 0.511. The molecule has 0 bridgehead atoms. The number of sulfonamides is 1. The van der Waals surface area contributed by atoms with Gasteiger partial charge in [-0.1, -0.05) is 0 Å². The molecule has 0 spiro atoms. The molecule has 29 heavy (non-hydrogen) atoms. The Balaban J connectivity index is 1.83. The van der Waals surface area contributed by atoms with Gasteiger partial charge >= 0.3 is 5.97 Å². The number of rotatable bonds is 8. The summed E-state index contributed by atoms with van der Waals surface area (Å²) in [7, 11) is -1.13. The zero-order valence-electron chi connectivity index (χ0n) is 16.6. The molecule has 3 N–H and O–H groups in total. The van der Waals surface area contributed by atoms with Gasteiger partial charge in [0, 0.05) is 25.7 Å². The third kappa shape index (κ3) is 3.65. The van der Waals surface area contributed by atoms with Crippen LogP contribution in [0, 0.1) is 0 Å². The first-order valence-corrected chi connectivity index (χ1v) is 10.7. The SMILES string of the molecule is COC(=O)c1nn(C)c2c1CCN(CC1(S(=O)(=O)NC(C)(CO)CO)CC1)C2=O. The summed E-state index contributed by atoms with van der Waals surface area (Å²) in [4.78, 5) is 26.4. The fourth-order valence-electron chi connectivity index (χ4n) is 3.53. The lowest BCUT2D eigenvalue weighted by atomic mass is 10.0. The number of esters is 1. The van der Waals surface area contributed by atoms with E-state index in [9.17, 15) is 28.2 Å². The third-order valence-electron chi connectivity index (χ3n) is 5.58. The average Bonchev–Trinajstić information content (AvgIpc) is 3.40. The molecule has 0 atom stereocenters. The van der Waals surface area contributed by atoms with Gasteiger partial charge in [-0.3, -0.25) is 9.48 Å². The van der Waals surface area contributed by atoms with Crippen LogP contribution in [0.2, 0.25) is 0 Å². The minimum absolute atomic E-state index is 0.0215. The lowest BCUT2D eigenvalue weighted by molar-refractivity contribution is 0.0591. The summed E-state index contributed by atoms with van der Waals surface area (Å²) >= 11 is 0. The van der Waals surface area contributed by atoms with E-state index in [1.54, 1.807) is 7.05 Å². The molecule has 1 fully saturated rings. The van der Waals surface area contributed by atoms with Crippen LogP contribution in [-0.2, 0) is 28.2 Å². The molecule has 1 aromatic heterocycles. The van der Waals surface area contributed by atoms with E-state index in [1.165, 1.54) is 23.6 Å². The van der Waals surface area contributed by atoms with Crippen molar-refractivity contribution >= 4 is 21.9 Å². The number of hydrogen-bond acceptors (Lipinski definition) is 8. The van der Waals surface area contributed by atoms with Crippen LogP contribution < -0.4 is 4.72 Å². The van der Waals surface area contributed by atoms with Gasteiger partial charge in [-0.05, 0) is 26.2 Å². The predicted molar refractivity (Wildman–Crippen MR) is 101 cm³/mol. The zero-order valence-corrected chi connectivity index (χ0v) is 17.5. The average molecular weight is 430 g/mol. The molecule has 1 aromatic rings. The standard InChI is InChI=1S/C17H26N4O7S/c1-16(9-22,10-23)19-29(26,27)17(5-6-17)8-21-7-4-11-12(15(25)28-3)18-20(2)13(11)14(21)24/h19,22-23H,4-10H2,1-3H3. The highest BCUT2D eigenvalue weighted by Gasteiger charge is 2.57. The Bertz CT molecular complexity index is 932. The van der Waals surface area contributed by atoms with Gasteiger partial charge in [0.25, 0.3) is 5.91 Å². The van der Waals surface area contributed by atoms with E-state index in [0.717, 1.165) is 0 Å². The Morgan fingerprint density at radius 1 is 1.34 bits per heavy atom. The number of hydrogen-bond donors (Lipinski definition) is 3. The minimum atomic E-state index is -3.91. The zero-order chi connectivity index (χ0) is 21.6. The van der Waals surface area contributed by atoms with Crippen molar-refractivity contribution in [3.63, 3.8) is 0 Å². The normalized spacial score (nSPS) is 18.5. The van der Waals surface area contributed by atoms with Crippen molar-refractivity contribution < 1.29 is 33.0 Å². The number of aromatic nitrogens is 2. The molecule has 1 saturated carbocycles. The monoisotopic (exact) mass is 430 g/mol. The lowest BCUT2D eigenvalue weighted by Gasteiger charge is -2.33. The number of aryl methyl sites for hydroxylation is 1. The molecule has 0 unspecified atom stereocenters. The van der Waals surface area contributed by atoms with Crippen LogP contribution in [-0.4, -0.2) is 88.9 Å². The second-order valence-corrected chi connectivity index (χ2v) is 10.0. The Labute approximate surface area is 168 Å². The van der Waals surface area contributed by atoms with Crippen LogP contribution in [0.5, 0.6) is 0 Å². The molecule has 1 aliphatic heterocycles. The van der Waals surface area contributed by atoms with E-state index in [0.29, 0.717) is 24.8 Å². The third-order valence-corrected chi connectivity index (χ3v) is 8.02. The van der Waals surface area contributed by atoms with Crippen LogP contribution in [0.4, 0.5) is 0 Å². The quantitative estimate of drug-likeness (QED) is 0.417. The van der Waals surface area contributed by atoms with Gasteiger partial charge in [0.05, 0.1) is 25.9 Å². The maximum atomic E-state index is 13.0. The molecule has 0 saturated heterocycles. The van der Waals surface area contributed by atoms with Crippen molar-refractivity contribution in [3.05, 3.63) is 17.0 Å². The molecule has 1 aliphatic carbocycles. The Hall–Kier alpha value is -2.02. The molecule has 11 nitrogen and oxygen atoms in total. The lowest BCUT2D eigenvalue weighted by Crippen LogP contribution is -2.57. The predicted octanol–water partition coefficient (Wildman–Crippen LogP) is -1.60. The van der Waals surface area contributed by atoms with E-state index in [4.69, 9.17) is 4.74 Å². The smallest absolute Gasteiger partial charge is 0.358 e. The number of amides is 1. The van der Waals surface area contributed by atoms with E-state index in [1.807, 2.05) is 0 Å². The number of nitrogens with zero attached hydrogens (tertiary/aromatic N) is 3. The largest absolute Gasteiger partial charge is 0.464 e. The van der Waals surface area contributed by atoms with Gasteiger partial charge in [-0.25, -0.2) is 17.9 Å². The van der Waals surface area contributed by atoms with Crippen molar-refractivity contribution in [3.8, 4) is 0 Å². The Kier molecular flexibility index (Phi) is 5.49. The summed E-state index contributed by atoms with van der Waals surface area (Å²) in [5.41, 5.74) is -0.548. The number of nitrogens with one attached hydrogen (secondary N) is 1. The first-order valence-electron chi connectivity index (χ1n) is 9.22. The van der Waals surface area contributed by atoms with Crippen LogP contribution in [0.3, 0.4) is 0 Å². The molecule has 0 radical (unpaired) electrons. The second-order valence-electron chi connectivity index (χ2n) is 7.93. The van der Waals surface area contributed by atoms with Gasteiger partial charge in [-0.15, -0.1) is 0 Å². The van der Waals surface area contributed by atoms with Crippen molar-refractivity contribution in [2.75, 3.05) is 33.4 Å². The number of carbonyl (C=O) groups is 2. The molecule has 12 heteroatoms. The molecule has 162 valence electrons. The number of aliphatic hydroxyl groups is 2. The topological polar surface area (TPSA) is 151 Å². The number of ether oxygens (including phenoxy) is 1. The van der Waals surface area contributed by atoms with Crippen LogP contribution >= 0.6 is 0 Å². The highest BCUT2D eigenvalue weighted by Crippen LogP contribution is 2.45. The summed E-state index contributed by atoms with van der Waals surface area (Å²) in [5, 5.41) is 22.9. The van der Waals surface area contributed by atoms with Gasteiger partial charge in [0.2, 0.25) is 10.0 Å². The molecule has 0 aromatic carbocycles. The maximum Gasteiger partial charge on any atom is 0.358 e. The molecule has 3 rings (SSSR count). The molecule has 1 amide bonds. The summed E-state index contributed by atoms with van der Waals surface area (Å²) in [6.07, 6.45) is 1.09. The van der Waals surface area contributed by atoms with Gasteiger partial charge < -0.3 is 19.8 Å². The van der Waals surface area contributed by atoms with Crippen LogP contribution in [0.15, 0.2) is 0 Å². The first-order chi connectivity index (χ1) is 13.5. The highest BCUT2D eigenvalue weighted by atomic mass is 32.2. The van der Waals surface area contributed by atoms with Gasteiger partial charge in [-0.2, -0.15) is 5.10 Å². The van der Waals surface area contributed by atoms with E-state index < -0.39 is 45.4 Å². The van der Waals surface area contributed by atoms with Crippen LogP contribution in [0.1, 0.15) is 46.3 Å². The van der Waals surface area contributed by atoms with Gasteiger partial charge in [0.15, 0.2) is 5.69 Å². The van der Waals surface area contributed by atoms with Crippen molar-refractivity contribution in [2.45, 2.75) is 36.5 Å². The van der Waals surface area contributed by atoms with Crippen molar-refractivity contribution in [1.82, 2.24) is 19.4 Å². The summed E-state index contributed by atoms with van der Waals surface area (Å²) < 4.78 is 33.1. The number of fused-ring (bicyclic) bond motifs is 1. The molecule has 2 aliphatic rings. The fraction of sp³-hybridized carbons (Fsp3) is 0.706. The van der Waals surface area contributed by atoms with E-state index in [-0.39, 0.29) is 24.5 Å². The van der Waals surface area contributed by atoms with Crippen molar-refractivity contribution in [2.24, 2.45) is 7.05 Å². The summed E-state index contributed by atoms with van der Waals surface area (Å²) in [5.74, 6) is -1.02. The van der Waals surface area contributed by atoms with Crippen molar-refractivity contribution in [1.29, 1.82) is 0 Å². The Morgan fingerprint density at radius 2 is 1.97 bits per heavy atom. The maximum absolute atomic E-state index is 13.0. The molecule has 2 heterocycles. The number of methoxy groups -OCH3 is 1. The van der Waals surface area contributed by atoms with E-state index in [2.05, 4.69) is 9.82 Å². The fourth-order valence-corrected chi connectivity index (χ4v) is 5.49. The summed E-state index contributed by atoms with van der Waals surface area (Å²) in [6, 6.07) is 0. The first kappa shape index (κ1) is 21.7. The van der Waals surface area contributed by atoms with Crippen LogP contribution in [0.25, 0.3) is 0 Å². The Morgan fingerprint density at radius 3 is 2.48 bits per heavy atom. The number of aliphatic hydroxyl groups excluding tert-OH is 2. The molecular formula is C17H26N4O7S.